The van der Waals surface area contributed by atoms with Gasteiger partial charge in [-0.1, -0.05) is 56.6 Å². The Morgan fingerprint density at radius 1 is 0.698 bits per heavy atom. The molecule has 3 heterocycles. The average molecular weight is 586 g/mol. The first-order valence-electron chi connectivity index (χ1n) is 15.3. The molecule has 0 aliphatic carbocycles. The predicted molar refractivity (Wildman–Crippen MR) is 166 cm³/mol. The number of rotatable bonds is 17. The number of aromatic nitrogens is 3. The van der Waals surface area contributed by atoms with Crippen molar-refractivity contribution in [3.8, 4) is 11.5 Å². The van der Waals surface area contributed by atoms with Crippen molar-refractivity contribution in [2.24, 2.45) is 0 Å². The van der Waals surface area contributed by atoms with Crippen LogP contribution in [0.25, 0.3) is 21.9 Å². The van der Waals surface area contributed by atoms with Crippen LogP contribution in [0.2, 0.25) is 0 Å². The molecule has 9 heteroatoms. The molecule has 0 aliphatic rings. The quantitative estimate of drug-likeness (QED) is 0.0822. The largest absolute Gasteiger partial charge is 0.493 e. The molecule has 0 amide bonds. The molecule has 0 spiro atoms. The van der Waals surface area contributed by atoms with Gasteiger partial charge in [0.05, 0.1) is 12.8 Å². The van der Waals surface area contributed by atoms with Gasteiger partial charge in [-0.2, -0.15) is 0 Å². The number of ether oxygens (including phenoxy) is 2. The highest BCUT2D eigenvalue weighted by molar-refractivity contribution is 5.81. The number of unbranched alkanes of at least 4 members (excludes halogenated alkanes) is 9. The van der Waals surface area contributed by atoms with E-state index in [1.54, 1.807) is 18.2 Å². The fraction of sp³-hybridized carbons (Fsp3) is 0.412. The second kappa shape index (κ2) is 15.2. The van der Waals surface area contributed by atoms with Crippen LogP contribution in [-0.4, -0.2) is 21.6 Å². The van der Waals surface area contributed by atoms with Crippen LogP contribution in [0, 0.1) is 6.92 Å². The van der Waals surface area contributed by atoms with Crippen LogP contribution in [0.4, 0.5) is 0 Å². The van der Waals surface area contributed by atoms with E-state index in [1.807, 2.05) is 42.1 Å². The third-order valence-corrected chi connectivity index (χ3v) is 7.54. The fourth-order valence-electron chi connectivity index (χ4n) is 5.18. The van der Waals surface area contributed by atoms with Gasteiger partial charge in [0.15, 0.2) is 0 Å². The van der Waals surface area contributed by atoms with E-state index in [0.717, 1.165) is 53.6 Å². The maximum absolute atomic E-state index is 11.7. The zero-order chi connectivity index (χ0) is 29.9. The van der Waals surface area contributed by atoms with Crippen LogP contribution in [-0.2, 0) is 13.2 Å². The van der Waals surface area contributed by atoms with Crippen molar-refractivity contribution in [1.29, 1.82) is 0 Å². The van der Waals surface area contributed by atoms with Gasteiger partial charge in [0, 0.05) is 41.6 Å². The highest BCUT2D eigenvalue weighted by Crippen LogP contribution is 2.23. The summed E-state index contributed by atoms with van der Waals surface area (Å²) in [5.74, 6) is 1.37. The van der Waals surface area contributed by atoms with Gasteiger partial charge in [0.25, 0.3) is 0 Å². The number of hydrogen-bond acceptors (Lipinski definition) is 8. The Labute approximate surface area is 250 Å². The van der Waals surface area contributed by atoms with Gasteiger partial charge in [-0.05, 0) is 55.7 Å². The predicted octanol–water partition coefficient (Wildman–Crippen LogP) is 7.36. The van der Waals surface area contributed by atoms with Gasteiger partial charge in [0.2, 0.25) is 0 Å². The second-order valence-corrected chi connectivity index (χ2v) is 11.0. The molecular weight excluding hydrogens is 546 g/mol. The average Bonchev–Trinajstić information content (AvgIpc) is 3.45. The molecule has 43 heavy (non-hydrogen) atoms. The molecule has 0 N–H and O–H groups in total. The summed E-state index contributed by atoms with van der Waals surface area (Å²) in [5, 5.41) is 10.2. The van der Waals surface area contributed by atoms with Crippen LogP contribution in [0.15, 0.2) is 79.2 Å². The molecule has 0 radical (unpaired) electrons. The summed E-state index contributed by atoms with van der Waals surface area (Å²) < 4.78 is 24.1. The lowest BCUT2D eigenvalue weighted by atomic mass is 10.1. The van der Waals surface area contributed by atoms with E-state index >= 15 is 0 Å². The maximum Gasteiger partial charge on any atom is 0.336 e. The molecule has 0 fully saturated rings. The van der Waals surface area contributed by atoms with Gasteiger partial charge >= 0.3 is 11.3 Å². The minimum Gasteiger partial charge on any atom is -0.493 e. The number of aryl methyl sites for hydroxylation is 2. The molecule has 0 aliphatic heterocycles. The third kappa shape index (κ3) is 9.04. The van der Waals surface area contributed by atoms with Gasteiger partial charge in [-0.25, -0.2) is 9.59 Å². The second-order valence-electron chi connectivity index (χ2n) is 11.0. The lowest BCUT2D eigenvalue weighted by Crippen LogP contribution is -1.99. The number of hydrogen-bond donors (Lipinski definition) is 0. The van der Waals surface area contributed by atoms with E-state index in [4.69, 9.17) is 18.3 Å². The summed E-state index contributed by atoms with van der Waals surface area (Å²) >= 11 is 0. The van der Waals surface area contributed by atoms with Crippen LogP contribution in [0.5, 0.6) is 11.5 Å². The monoisotopic (exact) mass is 585 g/mol. The minimum absolute atomic E-state index is 0.305. The van der Waals surface area contributed by atoms with Crippen molar-refractivity contribution >= 4 is 21.9 Å². The van der Waals surface area contributed by atoms with Gasteiger partial charge in [0.1, 0.15) is 35.0 Å². The van der Waals surface area contributed by atoms with E-state index in [2.05, 4.69) is 10.3 Å². The van der Waals surface area contributed by atoms with Gasteiger partial charge < -0.3 is 18.3 Å². The summed E-state index contributed by atoms with van der Waals surface area (Å²) in [4.78, 5) is 23.0. The highest BCUT2D eigenvalue weighted by Gasteiger charge is 2.07. The Morgan fingerprint density at radius 2 is 1.35 bits per heavy atom. The Hall–Kier alpha value is -4.40. The first-order chi connectivity index (χ1) is 21.0. The number of fused-ring (bicyclic) bond motifs is 2. The molecule has 0 bridgehead atoms. The molecule has 0 saturated carbocycles. The molecule has 9 nitrogen and oxygen atoms in total. The number of benzene rings is 2. The summed E-state index contributed by atoms with van der Waals surface area (Å²) in [6.45, 7) is 3.72. The molecule has 5 aromatic rings. The number of nitrogens with zero attached hydrogens (tertiary/aromatic N) is 3. The Morgan fingerprint density at radius 3 is 2.16 bits per heavy atom. The molecular formula is C34H39N3O6. The van der Waals surface area contributed by atoms with Gasteiger partial charge in [-0.15, -0.1) is 5.10 Å². The summed E-state index contributed by atoms with van der Waals surface area (Å²) in [6.07, 6.45) is 13.9. The van der Waals surface area contributed by atoms with Crippen molar-refractivity contribution in [3.05, 3.63) is 92.9 Å². The molecule has 226 valence electrons. The lowest BCUT2D eigenvalue weighted by Gasteiger charge is -2.07. The maximum atomic E-state index is 11.7. The normalized spacial score (nSPS) is 11.4. The molecule has 0 saturated heterocycles. The van der Waals surface area contributed by atoms with E-state index in [0.29, 0.717) is 30.1 Å². The van der Waals surface area contributed by atoms with Crippen molar-refractivity contribution < 1.29 is 18.3 Å². The van der Waals surface area contributed by atoms with Crippen LogP contribution < -0.4 is 20.7 Å². The van der Waals surface area contributed by atoms with Gasteiger partial charge in [-0.3, -0.25) is 4.68 Å². The minimum atomic E-state index is -0.364. The van der Waals surface area contributed by atoms with E-state index in [9.17, 15) is 9.59 Å². The van der Waals surface area contributed by atoms with Crippen LogP contribution in [0.3, 0.4) is 0 Å². The van der Waals surface area contributed by atoms with E-state index < -0.39 is 0 Å². The van der Waals surface area contributed by atoms with E-state index in [1.165, 1.54) is 57.1 Å². The van der Waals surface area contributed by atoms with Crippen LogP contribution >= 0.6 is 0 Å². The first kappa shape index (κ1) is 30.1. The molecule has 0 atom stereocenters. The fourth-order valence-corrected chi connectivity index (χ4v) is 5.18. The third-order valence-electron chi connectivity index (χ3n) is 7.54. The zero-order valence-electron chi connectivity index (χ0n) is 24.8. The van der Waals surface area contributed by atoms with Crippen molar-refractivity contribution in [3.63, 3.8) is 0 Å². The van der Waals surface area contributed by atoms with Crippen molar-refractivity contribution in [1.82, 2.24) is 15.0 Å². The molecule has 5 rings (SSSR count). The SMILES string of the molecule is Cc1cc(=O)oc2cc(OCc3cn(CCCCCCCCCCCCOc4ccc5ccc(=O)oc5c4)nn3)ccc12. The summed E-state index contributed by atoms with van der Waals surface area (Å²) in [5.41, 5.74) is 2.02. The Bertz CT molecular complexity index is 1740. The molecule has 3 aromatic heterocycles. The molecule has 2 aromatic carbocycles. The zero-order valence-corrected chi connectivity index (χ0v) is 24.8. The van der Waals surface area contributed by atoms with Crippen molar-refractivity contribution in [2.75, 3.05) is 6.61 Å². The van der Waals surface area contributed by atoms with Crippen molar-refractivity contribution in [2.45, 2.75) is 84.3 Å². The first-order valence-corrected chi connectivity index (χ1v) is 15.3. The summed E-state index contributed by atoms with van der Waals surface area (Å²) in [6, 6.07) is 15.8. The molecule has 0 unspecified atom stereocenters. The summed E-state index contributed by atoms with van der Waals surface area (Å²) in [7, 11) is 0. The smallest absolute Gasteiger partial charge is 0.336 e. The Kier molecular flexibility index (Phi) is 10.6. The Balaban J connectivity index is 0.867. The highest BCUT2D eigenvalue weighted by atomic mass is 16.5. The topological polar surface area (TPSA) is 110 Å². The lowest BCUT2D eigenvalue weighted by molar-refractivity contribution is 0.301. The van der Waals surface area contributed by atoms with Crippen LogP contribution in [0.1, 0.15) is 75.5 Å². The standard InChI is InChI=1S/C34H39N3O6/c1-25-20-34(39)43-32-22-29(15-16-30(25)32)41-24-27-23-37(36-35-27)18-10-8-6-4-2-3-5-7-9-11-19-40-28-14-12-26-13-17-33(38)42-31(26)21-28/h12-17,20-23H,2-11,18-19,24H2,1H3. The van der Waals surface area contributed by atoms with E-state index in [-0.39, 0.29) is 11.3 Å².